The van der Waals surface area contributed by atoms with Crippen molar-refractivity contribution in [1.29, 1.82) is 0 Å². The topological polar surface area (TPSA) is 84.7 Å². The lowest BCUT2D eigenvalue weighted by Crippen LogP contribution is -2.20. The number of hydrogen-bond donors (Lipinski definition) is 2. The molecule has 0 unspecified atom stereocenters. The van der Waals surface area contributed by atoms with Crippen LogP contribution in [0.15, 0.2) is 36.7 Å². The van der Waals surface area contributed by atoms with Crippen molar-refractivity contribution in [1.82, 2.24) is 15.0 Å². The Labute approximate surface area is 135 Å². The van der Waals surface area contributed by atoms with Crippen molar-refractivity contribution in [2.45, 2.75) is 27.3 Å². The summed E-state index contributed by atoms with van der Waals surface area (Å²) in [4.78, 5) is 24.5. The van der Waals surface area contributed by atoms with Crippen LogP contribution in [0, 0.1) is 5.41 Å². The number of Topliss-reactive ketones (excluding diaryl/α,β-unsaturated/α-hetero) is 1. The number of nitrogens with two attached hydrogens (primary N) is 1. The summed E-state index contributed by atoms with van der Waals surface area (Å²) in [6.07, 6.45) is 3.33. The summed E-state index contributed by atoms with van der Waals surface area (Å²) in [5.74, 6) is 0.599. The first-order valence-electron chi connectivity index (χ1n) is 7.58. The maximum atomic E-state index is 12.6. The zero-order chi connectivity index (χ0) is 16.6. The molecule has 2 aliphatic heterocycles. The van der Waals surface area contributed by atoms with Gasteiger partial charge in [-0.2, -0.15) is 0 Å². The molecule has 0 amide bonds. The van der Waals surface area contributed by atoms with E-state index in [1.807, 2.05) is 45.0 Å². The zero-order valence-electron chi connectivity index (χ0n) is 13.6. The lowest BCUT2D eigenvalue weighted by Gasteiger charge is -2.16. The van der Waals surface area contributed by atoms with Gasteiger partial charge in [0, 0.05) is 18.2 Å². The molecule has 118 valence electrons. The van der Waals surface area contributed by atoms with Gasteiger partial charge in [-0.25, -0.2) is 9.97 Å². The Balaban J connectivity index is 2.10. The van der Waals surface area contributed by atoms with E-state index >= 15 is 0 Å². The van der Waals surface area contributed by atoms with Crippen LogP contribution < -0.4 is 5.73 Å². The number of nitrogens with zero attached hydrogens (tertiary/aromatic N) is 2. The Bertz CT molecular complexity index is 829. The average molecular weight is 308 g/mol. The number of carbonyl (C=O) groups is 1. The van der Waals surface area contributed by atoms with Gasteiger partial charge in [0.25, 0.3) is 0 Å². The third kappa shape index (κ3) is 2.87. The molecular formula is C18H20N4O. The maximum absolute atomic E-state index is 12.6. The molecule has 0 aliphatic carbocycles. The molecule has 0 bridgehead atoms. The summed E-state index contributed by atoms with van der Waals surface area (Å²) in [6.45, 7) is 6.18. The van der Waals surface area contributed by atoms with Crippen molar-refractivity contribution in [2.24, 2.45) is 11.1 Å². The number of benzene rings is 1. The summed E-state index contributed by atoms with van der Waals surface area (Å²) in [7, 11) is 0. The Morgan fingerprint density at radius 3 is 2.65 bits per heavy atom. The van der Waals surface area contributed by atoms with Gasteiger partial charge in [0.15, 0.2) is 11.6 Å². The van der Waals surface area contributed by atoms with Crippen LogP contribution in [-0.2, 0) is 6.54 Å². The Morgan fingerprint density at radius 1 is 1.22 bits per heavy atom. The molecule has 0 atom stereocenters. The fraction of sp³-hybridized carbons (Fsp3) is 0.278. The molecule has 0 aromatic heterocycles. The van der Waals surface area contributed by atoms with Crippen LogP contribution in [0.1, 0.15) is 36.7 Å². The molecule has 1 aromatic carbocycles. The Morgan fingerprint density at radius 2 is 1.96 bits per heavy atom. The van der Waals surface area contributed by atoms with Gasteiger partial charge < -0.3 is 10.7 Å². The molecule has 23 heavy (non-hydrogen) atoms. The largest absolute Gasteiger partial charge is 0.350 e. The van der Waals surface area contributed by atoms with Crippen LogP contribution in [0.5, 0.6) is 0 Å². The number of aromatic nitrogens is 3. The van der Waals surface area contributed by atoms with Gasteiger partial charge in [0.2, 0.25) is 0 Å². The first kappa shape index (κ1) is 15.4. The van der Waals surface area contributed by atoms with Crippen molar-refractivity contribution in [2.75, 3.05) is 0 Å². The van der Waals surface area contributed by atoms with E-state index < -0.39 is 5.41 Å². The van der Waals surface area contributed by atoms with Crippen LogP contribution >= 0.6 is 0 Å². The minimum absolute atomic E-state index is 0.0471. The fourth-order valence-electron chi connectivity index (χ4n) is 2.48. The molecule has 0 radical (unpaired) electrons. The summed E-state index contributed by atoms with van der Waals surface area (Å²) < 4.78 is 0. The van der Waals surface area contributed by atoms with Gasteiger partial charge in [-0.3, -0.25) is 4.79 Å². The normalized spacial score (nSPS) is 11.8. The van der Waals surface area contributed by atoms with Crippen LogP contribution in [0.2, 0.25) is 0 Å². The molecule has 2 aliphatic rings. The molecule has 0 saturated carbocycles. The quantitative estimate of drug-likeness (QED) is 0.727. The lowest BCUT2D eigenvalue weighted by atomic mass is 9.87. The predicted molar refractivity (Wildman–Crippen MR) is 90.1 cm³/mol. The van der Waals surface area contributed by atoms with Crippen molar-refractivity contribution >= 4 is 5.78 Å². The average Bonchev–Trinajstić information content (AvgIpc) is 2.96. The number of aromatic amines is 1. The van der Waals surface area contributed by atoms with Crippen LogP contribution in [0.4, 0.5) is 0 Å². The second kappa shape index (κ2) is 5.59. The van der Waals surface area contributed by atoms with Gasteiger partial charge in [0.1, 0.15) is 0 Å². The zero-order valence-corrected chi connectivity index (χ0v) is 13.6. The second-order valence-electron chi connectivity index (χ2n) is 6.65. The molecule has 0 spiro atoms. The molecule has 0 saturated heterocycles. The van der Waals surface area contributed by atoms with Crippen LogP contribution in [0.25, 0.3) is 22.8 Å². The number of rotatable bonds is 3. The molecule has 3 N–H and O–H groups in total. The monoisotopic (exact) mass is 308 g/mol. The Hall–Kier alpha value is -2.53. The van der Waals surface area contributed by atoms with Gasteiger partial charge in [-0.05, 0) is 17.2 Å². The van der Waals surface area contributed by atoms with E-state index in [0.717, 1.165) is 16.8 Å². The lowest BCUT2D eigenvalue weighted by molar-refractivity contribution is 0.0859. The van der Waals surface area contributed by atoms with Crippen molar-refractivity contribution in [3.05, 3.63) is 47.8 Å². The first-order valence-corrected chi connectivity index (χ1v) is 7.58. The van der Waals surface area contributed by atoms with Crippen molar-refractivity contribution < 1.29 is 4.79 Å². The van der Waals surface area contributed by atoms with Crippen molar-refractivity contribution in [3.8, 4) is 22.8 Å². The fourth-order valence-corrected chi connectivity index (χ4v) is 2.48. The van der Waals surface area contributed by atoms with E-state index in [1.54, 1.807) is 12.4 Å². The maximum Gasteiger partial charge on any atom is 0.176 e. The number of H-pyrrole nitrogens is 1. The molecule has 1 aromatic rings. The second-order valence-corrected chi connectivity index (χ2v) is 6.65. The number of carbonyl (C=O) groups excluding carboxylic acids is 1. The van der Waals surface area contributed by atoms with E-state index in [9.17, 15) is 4.79 Å². The first-order chi connectivity index (χ1) is 10.9. The highest BCUT2D eigenvalue weighted by Gasteiger charge is 2.28. The van der Waals surface area contributed by atoms with Gasteiger partial charge >= 0.3 is 0 Å². The molecular weight excluding hydrogens is 288 g/mol. The van der Waals surface area contributed by atoms with E-state index in [-0.39, 0.29) is 5.78 Å². The highest BCUT2D eigenvalue weighted by molar-refractivity contribution is 6.04. The van der Waals surface area contributed by atoms with Crippen molar-refractivity contribution in [3.63, 3.8) is 0 Å². The van der Waals surface area contributed by atoms with E-state index in [0.29, 0.717) is 23.6 Å². The number of fused-ring (bicyclic) bond motifs is 1. The minimum atomic E-state index is -0.466. The number of nitrogens with one attached hydrogen (secondary N) is 1. The van der Waals surface area contributed by atoms with E-state index in [2.05, 4.69) is 15.0 Å². The highest BCUT2D eigenvalue weighted by Crippen LogP contribution is 2.30. The van der Waals surface area contributed by atoms with Gasteiger partial charge in [0.05, 0.1) is 23.1 Å². The minimum Gasteiger partial charge on any atom is -0.350 e. The van der Waals surface area contributed by atoms with Gasteiger partial charge in [-0.15, -0.1) is 0 Å². The number of hydrogen-bond acceptors (Lipinski definition) is 4. The molecule has 3 rings (SSSR count). The molecule has 2 heterocycles. The summed E-state index contributed by atoms with van der Waals surface area (Å²) in [5, 5.41) is 0. The Kier molecular flexibility index (Phi) is 3.74. The smallest absolute Gasteiger partial charge is 0.176 e. The third-order valence-electron chi connectivity index (χ3n) is 3.78. The summed E-state index contributed by atoms with van der Waals surface area (Å²) >= 11 is 0. The van der Waals surface area contributed by atoms with E-state index in [4.69, 9.17) is 5.73 Å². The molecule has 5 nitrogen and oxygen atoms in total. The van der Waals surface area contributed by atoms with Crippen LogP contribution in [-0.4, -0.2) is 20.7 Å². The van der Waals surface area contributed by atoms with Gasteiger partial charge in [-0.1, -0.05) is 39.0 Å². The van der Waals surface area contributed by atoms with Crippen LogP contribution in [0.3, 0.4) is 0 Å². The summed E-state index contributed by atoms with van der Waals surface area (Å²) in [5.41, 5.74) is 9.36. The summed E-state index contributed by atoms with van der Waals surface area (Å²) in [6, 6.07) is 7.94. The standard InChI is InChI=1S/C18H20N4O/c1-18(2,3)16(23)13-9-20-17-15(13)22-14(10-21-17)12-6-4-5-11(7-12)8-19/h4-7,9-10,22H,8,19H2,1-3H3. The third-order valence-corrected chi connectivity index (χ3v) is 3.78. The SMILES string of the molecule is CC(C)(C)C(=O)c1cnc2ncc(-c3cccc(CN)c3)[nH]c1-2. The van der Waals surface area contributed by atoms with E-state index in [1.165, 1.54) is 0 Å². The molecule has 0 fully saturated rings. The highest BCUT2D eigenvalue weighted by atomic mass is 16.1. The number of ketones is 1. The predicted octanol–water partition coefficient (Wildman–Crippen LogP) is 3.26. The molecule has 5 heteroatoms.